The first-order valence-corrected chi connectivity index (χ1v) is 7.51. The number of benzene rings is 1. The highest BCUT2D eigenvalue weighted by atomic mass is 16.5. The summed E-state index contributed by atoms with van der Waals surface area (Å²) in [6, 6.07) is 6.79. The SMILES string of the molecule is COC(=O)N1CCCN(C(=O)c2ccc(NC(C)=O)cc2)CC1. The van der Waals surface area contributed by atoms with Crippen LogP contribution in [0.1, 0.15) is 23.7 Å². The van der Waals surface area contributed by atoms with Crippen LogP contribution < -0.4 is 5.32 Å². The molecule has 1 aliphatic heterocycles. The summed E-state index contributed by atoms with van der Waals surface area (Å²) < 4.78 is 4.72. The molecule has 0 atom stereocenters. The quantitative estimate of drug-likeness (QED) is 0.897. The van der Waals surface area contributed by atoms with Gasteiger partial charge in [-0.05, 0) is 30.7 Å². The Kier molecular flexibility index (Phi) is 5.56. The van der Waals surface area contributed by atoms with Crippen molar-refractivity contribution in [3.05, 3.63) is 29.8 Å². The van der Waals surface area contributed by atoms with E-state index >= 15 is 0 Å². The summed E-state index contributed by atoms with van der Waals surface area (Å²) in [4.78, 5) is 38.4. The van der Waals surface area contributed by atoms with Crippen LogP contribution >= 0.6 is 0 Å². The Bertz CT molecular complexity index is 585. The number of ether oxygens (including phenoxy) is 1. The zero-order chi connectivity index (χ0) is 16.8. The fourth-order valence-electron chi connectivity index (χ4n) is 2.51. The first-order chi connectivity index (χ1) is 11.0. The van der Waals surface area contributed by atoms with Crippen molar-refractivity contribution < 1.29 is 19.1 Å². The van der Waals surface area contributed by atoms with E-state index in [1.54, 1.807) is 34.1 Å². The maximum absolute atomic E-state index is 12.5. The number of carbonyl (C=O) groups is 3. The van der Waals surface area contributed by atoms with E-state index in [1.807, 2.05) is 0 Å². The highest BCUT2D eigenvalue weighted by Crippen LogP contribution is 2.13. The van der Waals surface area contributed by atoms with E-state index in [2.05, 4.69) is 5.32 Å². The molecule has 0 aromatic heterocycles. The number of carbonyl (C=O) groups excluding carboxylic acids is 3. The molecule has 0 bridgehead atoms. The first-order valence-electron chi connectivity index (χ1n) is 7.51. The largest absolute Gasteiger partial charge is 0.453 e. The summed E-state index contributed by atoms with van der Waals surface area (Å²) in [6.45, 7) is 3.55. The van der Waals surface area contributed by atoms with E-state index in [0.717, 1.165) is 0 Å². The van der Waals surface area contributed by atoms with Crippen LogP contribution in [0.2, 0.25) is 0 Å². The van der Waals surface area contributed by atoms with Crippen molar-refractivity contribution in [2.24, 2.45) is 0 Å². The van der Waals surface area contributed by atoms with Gasteiger partial charge in [-0.3, -0.25) is 9.59 Å². The second kappa shape index (κ2) is 7.62. The second-order valence-corrected chi connectivity index (χ2v) is 5.36. The smallest absolute Gasteiger partial charge is 0.409 e. The monoisotopic (exact) mass is 319 g/mol. The topological polar surface area (TPSA) is 79.0 Å². The molecule has 124 valence electrons. The molecular formula is C16H21N3O4. The van der Waals surface area contributed by atoms with Gasteiger partial charge in [0, 0.05) is 44.4 Å². The van der Waals surface area contributed by atoms with Crippen molar-refractivity contribution in [3.8, 4) is 0 Å². The predicted molar refractivity (Wildman–Crippen MR) is 85.2 cm³/mol. The molecule has 0 unspecified atom stereocenters. The van der Waals surface area contributed by atoms with E-state index in [-0.39, 0.29) is 17.9 Å². The molecule has 1 aromatic rings. The van der Waals surface area contributed by atoms with E-state index in [1.165, 1.54) is 14.0 Å². The average Bonchev–Trinajstić information content (AvgIpc) is 2.79. The van der Waals surface area contributed by atoms with Gasteiger partial charge >= 0.3 is 6.09 Å². The number of amides is 3. The molecule has 1 aromatic carbocycles. The van der Waals surface area contributed by atoms with Crippen LogP contribution in [-0.2, 0) is 9.53 Å². The number of methoxy groups -OCH3 is 1. The molecule has 1 saturated heterocycles. The molecule has 23 heavy (non-hydrogen) atoms. The molecule has 1 fully saturated rings. The van der Waals surface area contributed by atoms with E-state index in [4.69, 9.17) is 4.74 Å². The molecule has 0 spiro atoms. The van der Waals surface area contributed by atoms with E-state index in [9.17, 15) is 14.4 Å². The summed E-state index contributed by atoms with van der Waals surface area (Å²) in [6.07, 6.45) is 0.351. The van der Waals surface area contributed by atoms with Gasteiger partial charge in [-0.15, -0.1) is 0 Å². The molecule has 0 aliphatic carbocycles. The number of hydrogen-bond donors (Lipinski definition) is 1. The molecule has 2 rings (SSSR count). The van der Waals surface area contributed by atoms with Crippen molar-refractivity contribution in [2.45, 2.75) is 13.3 Å². The first kappa shape index (κ1) is 16.8. The Balaban J connectivity index is 2.00. The van der Waals surface area contributed by atoms with Crippen molar-refractivity contribution in [2.75, 3.05) is 38.6 Å². The Morgan fingerprint density at radius 3 is 2.22 bits per heavy atom. The third kappa shape index (κ3) is 4.45. The molecular weight excluding hydrogens is 298 g/mol. The predicted octanol–water partition coefficient (Wildman–Crippen LogP) is 1.56. The van der Waals surface area contributed by atoms with Crippen LogP contribution in [0.5, 0.6) is 0 Å². The maximum atomic E-state index is 12.5. The maximum Gasteiger partial charge on any atom is 0.409 e. The molecule has 0 radical (unpaired) electrons. The lowest BCUT2D eigenvalue weighted by Gasteiger charge is -2.21. The Morgan fingerprint density at radius 2 is 1.61 bits per heavy atom. The van der Waals surface area contributed by atoms with Crippen molar-refractivity contribution >= 4 is 23.6 Å². The molecule has 7 heteroatoms. The summed E-state index contributed by atoms with van der Waals surface area (Å²) in [5.41, 5.74) is 1.22. The Hall–Kier alpha value is -2.57. The summed E-state index contributed by atoms with van der Waals surface area (Å²) in [5.74, 6) is -0.231. The Labute approximate surface area is 135 Å². The fourth-order valence-corrected chi connectivity index (χ4v) is 2.51. The fraction of sp³-hybridized carbons (Fsp3) is 0.438. The number of rotatable bonds is 2. The minimum Gasteiger partial charge on any atom is -0.453 e. The summed E-state index contributed by atoms with van der Waals surface area (Å²) >= 11 is 0. The van der Waals surface area contributed by atoms with Crippen molar-refractivity contribution in [1.29, 1.82) is 0 Å². The van der Waals surface area contributed by atoms with Gasteiger partial charge in [0.25, 0.3) is 5.91 Å². The van der Waals surface area contributed by atoms with Gasteiger partial charge in [0.2, 0.25) is 5.91 Å². The van der Waals surface area contributed by atoms with Gasteiger partial charge in [0.1, 0.15) is 0 Å². The number of hydrogen-bond acceptors (Lipinski definition) is 4. The molecule has 0 saturated carbocycles. The van der Waals surface area contributed by atoms with Crippen LogP contribution in [0.3, 0.4) is 0 Å². The highest BCUT2D eigenvalue weighted by Gasteiger charge is 2.23. The second-order valence-electron chi connectivity index (χ2n) is 5.36. The van der Waals surface area contributed by atoms with Crippen LogP contribution in [0.4, 0.5) is 10.5 Å². The van der Waals surface area contributed by atoms with Gasteiger partial charge in [-0.1, -0.05) is 0 Å². The normalized spacial score (nSPS) is 14.9. The molecule has 1 N–H and O–H groups in total. The average molecular weight is 319 g/mol. The Morgan fingerprint density at radius 1 is 1.00 bits per heavy atom. The summed E-state index contributed by atoms with van der Waals surface area (Å²) in [7, 11) is 1.35. The van der Waals surface area contributed by atoms with Crippen molar-refractivity contribution in [1.82, 2.24) is 9.80 Å². The zero-order valence-corrected chi connectivity index (χ0v) is 13.4. The molecule has 1 heterocycles. The minimum atomic E-state index is -0.362. The lowest BCUT2D eigenvalue weighted by Crippen LogP contribution is -2.37. The van der Waals surface area contributed by atoms with Crippen LogP contribution in [0.25, 0.3) is 0 Å². The number of nitrogens with one attached hydrogen (secondary N) is 1. The van der Waals surface area contributed by atoms with Gasteiger partial charge in [-0.2, -0.15) is 0 Å². The lowest BCUT2D eigenvalue weighted by atomic mass is 10.1. The lowest BCUT2D eigenvalue weighted by molar-refractivity contribution is -0.114. The van der Waals surface area contributed by atoms with Crippen LogP contribution in [-0.4, -0.2) is 61.0 Å². The van der Waals surface area contributed by atoms with Gasteiger partial charge in [0.05, 0.1) is 7.11 Å². The van der Waals surface area contributed by atoms with Crippen LogP contribution in [0, 0.1) is 0 Å². The highest BCUT2D eigenvalue weighted by molar-refractivity contribution is 5.95. The van der Waals surface area contributed by atoms with Gasteiger partial charge < -0.3 is 19.9 Å². The number of anilines is 1. The molecule has 3 amide bonds. The third-order valence-corrected chi connectivity index (χ3v) is 3.67. The summed E-state index contributed by atoms with van der Waals surface area (Å²) in [5, 5.41) is 2.66. The third-order valence-electron chi connectivity index (χ3n) is 3.67. The van der Waals surface area contributed by atoms with E-state index in [0.29, 0.717) is 43.9 Å². The molecule has 7 nitrogen and oxygen atoms in total. The standard InChI is InChI=1S/C16H21N3O4/c1-12(20)17-14-6-4-13(5-7-14)15(21)18-8-3-9-19(11-10-18)16(22)23-2/h4-7H,3,8-11H2,1-2H3,(H,17,20). The van der Waals surface area contributed by atoms with Crippen LogP contribution in [0.15, 0.2) is 24.3 Å². The zero-order valence-electron chi connectivity index (χ0n) is 13.4. The minimum absolute atomic E-state index is 0.0777. The van der Waals surface area contributed by atoms with Crippen molar-refractivity contribution in [3.63, 3.8) is 0 Å². The van der Waals surface area contributed by atoms with E-state index < -0.39 is 0 Å². The van der Waals surface area contributed by atoms with Gasteiger partial charge in [-0.25, -0.2) is 4.79 Å². The van der Waals surface area contributed by atoms with Gasteiger partial charge in [0.15, 0.2) is 0 Å². The number of nitrogens with zero attached hydrogens (tertiary/aromatic N) is 2. The molecule has 1 aliphatic rings.